The van der Waals surface area contributed by atoms with E-state index in [0.717, 1.165) is 18.9 Å². The number of nitro benzene ring substituents is 1. The van der Waals surface area contributed by atoms with Crippen LogP contribution < -0.4 is 5.32 Å². The standard InChI is InChI=1S/C12H16BrFN2O3/c1-2-3-5-19-6-4-15-11-7-9(13)10(14)8-12(11)16(17)18/h7-8,15H,2-6H2,1H3. The first-order valence-corrected chi connectivity index (χ1v) is 6.80. The van der Waals surface area contributed by atoms with Crippen molar-refractivity contribution in [1.82, 2.24) is 0 Å². The van der Waals surface area contributed by atoms with E-state index in [1.807, 2.05) is 0 Å². The van der Waals surface area contributed by atoms with Gasteiger partial charge in [-0.15, -0.1) is 0 Å². The van der Waals surface area contributed by atoms with Crippen LogP contribution >= 0.6 is 15.9 Å². The van der Waals surface area contributed by atoms with Gasteiger partial charge in [-0.3, -0.25) is 10.1 Å². The summed E-state index contributed by atoms with van der Waals surface area (Å²) in [6.07, 6.45) is 2.05. The van der Waals surface area contributed by atoms with Gasteiger partial charge >= 0.3 is 0 Å². The monoisotopic (exact) mass is 334 g/mol. The average molecular weight is 335 g/mol. The lowest BCUT2D eigenvalue weighted by Gasteiger charge is -2.08. The van der Waals surface area contributed by atoms with Gasteiger partial charge in [0.1, 0.15) is 11.5 Å². The van der Waals surface area contributed by atoms with Crippen molar-refractivity contribution in [1.29, 1.82) is 0 Å². The third-order valence-corrected chi connectivity index (χ3v) is 3.05. The largest absolute Gasteiger partial charge is 0.380 e. The molecule has 1 rings (SSSR count). The molecule has 19 heavy (non-hydrogen) atoms. The first-order valence-electron chi connectivity index (χ1n) is 6.01. The molecule has 0 bridgehead atoms. The summed E-state index contributed by atoms with van der Waals surface area (Å²) in [6, 6.07) is 2.25. The van der Waals surface area contributed by atoms with Crippen molar-refractivity contribution in [2.75, 3.05) is 25.1 Å². The Morgan fingerprint density at radius 2 is 2.21 bits per heavy atom. The third-order valence-electron chi connectivity index (χ3n) is 2.44. The van der Waals surface area contributed by atoms with E-state index in [2.05, 4.69) is 28.2 Å². The number of hydrogen-bond acceptors (Lipinski definition) is 4. The molecular formula is C12H16BrFN2O3. The number of halogens is 2. The van der Waals surface area contributed by atoms with E-state index in [1.54, 1.807) is 0 Å². The number of rotatable bonds is 8. The summed E-state index contributed by atoms with van der Waals surface area (Å²) in [5.41, 5.74) is -0.00775. The van der Waals surface area contributed by atoms with Crippen molar-refractivity contribution in [3.63, 3.8) is 0 Å². The van der Waals surface area contributed by atoms with E-state index in [4.69, 9.17) is 4.74 Å². The number of nitro groups is 1. The van der Waals surface area contributed by atoms with E-state index in [0.29, 0.717) is 19.8 Å². The summed E-state index contributed by atoms with van der Waals surface area (Å²) < 4.78 is 18.8. The molecule has 0 aliphatic carbocycles. The smallest absolute Gasteiger partial charge is 0.295 e. The zero-order valence-electron chi connectivity index (χ0n) is 10.6. The van der Waals surface area contributed by atoms with Crippen LogP contribution in [0.15, 0.2) is 16.6 Å². The Hall–Kier alpha value is -1.21. The van der Waals surface area contributed by atoms with Crippen molar-refractivity contribution in [3.05, 3.63) is 32.5 Å². The van der Waals surface area contributed by atoms with Crippen LogP contribution in [0.25, 0.3) is 0 Å². The highest BCUT2D eigenvalue weighted by Crippen LogP contribution is 2.30. The van der Waals surface area contributed by atoms with Crippen LogP contribution in [-0.2, 0) is 4.74 Å². The summed E-state index contributed by atoms with van der Waals surface area (Å²) in [5, 5.41) is 13.7. The van der Waals surface area contributed by atoms with E-state index < -0.39 is 10.7 Å². The normalized spacial score (nSPS) is 10.5. The zero-order chi connectivity index (χ0) is 14.3. The maximum Gasteiger partial charge on any atom is 0.295 e. The minimum atomic E-state index is -0.656. The van der Waals surface area contributed by atoms with Crippen molar-refractivity contribution >= 4 is 27.3 Å². The number of benzene rings is 1. The van der Waals surface area contributed by atoms with Gasteiger partial charge in [0.15, 0.2) is 0 Å². The van der Waals surface area contributed by atoms with Crippen LogP contribution in [0.2, 0.25) is 0 Å². The Morgan fingerprint density at radius 3 is 2.84 bits per heavy atom. The van der Waals surface area contributed by atoms with E-state index in [1.165, 1.54) is 6.07 Å². The number of unbranched alkanes of at least 4 members (excludes halogenated alkanes) is 1. The molecule has 0 spiro atoms. The molecule has 0 atom stereocenters. The van der Waals surface area contributed by atoms with E-state index >= 15 is 0 Å². The molecule has 0 saturated carbocycles. The van der Waals surface area contributed by atoms with E-state index in [-0.39, 0.29) is 15.8 Å². The molecule has 106 valence electrons. The lowest BCUT2D eigenvalue weighted by Crippen LogP contribution is -2.11. The Balaban J connectivity index is 2.57. The van der Waals surface area contributed by atoms with Crippen LogP contribution in [0.5, 0.6) is 0 Å². The molecule has 5 nitrogen and oxygen atoms in total. The molecule has 0 unspecified atom stereocenters. The molecule has 0 radical (unpaired) electrons. The Morgan fingerprint density at radius 1 is 1.47 bits per heavy atom. The molecule has 0 heterocycles. The fourth-order valence-corrected chi connectivity index (χ4v) is 1.78. The van der Waals surface area contributed by atoms with E-state index in [9.17, 15) is 14.5 Å². The second-order valence-corrected chi connectivity index (χ2v) is 4.79. The van der Waals surface area contributed by atoms with Crippen molar-refractivity contribution < 1.29 is 14.1 Å². The molecule has 0 aliphatic heterocycles. The first-order chi connectivity index (χ1) is 9.06. The van der Waals surface area contributed by atoms with Crippen molar-refractivity contribution in [2.24, 2.45) is 0 Å². The highest BCUT2D eigenvalue weighted by atomic mass is 79.9. The molecule has 0 aliphatic rings. The van der Waals surface area contributed by atoms with Gasteiger partial charge < -0.3 is 10.1 Å². The van der Waals surface area contributed by atoms with Gasteiger partial charge in [-0.25, -0.2) is 4.39 Å². The summed E-state index contributed by atoms with van der Waals surface area (Å²) in [6.45, 7) is 3.63. The Bertz CT molecular complexity index is 443. The van der Waals surface area contributed by atoms with Crippen LogP contribution in [0.1, 0.15) is 19.8 Å². The summed E-state index contributed by atoms with van der Waals surface area (Å²) >= 11 is 3.00. The number of hydrogen-bond donors (Lipinski definition) is 1. The number of nitrogens with zero attached hydrogens (tertiary/aromatic N) is 1. The molecule has 1 aromatic carbocycles. The van der Waals surface area contributed by atoms with Gasteiger partial charge in [0.25, 0.3) is 5.69 Å². The maximum absolute atomic E-state index is 13.2. The fraction of sp³-hybridized carbons (Fsp3) is 0.500. The quantitative estimate of drug-likeness (QED) is 0.447. The molecule has 7 heteroatoms. The number of anilines is 1. The molecular weight excluding hydrogens is 319 g/mol. The summed E-state index contributed by atoms with van der Waals surface area (Å²) in [4.78, 5) is 10.2. The SMILES string of the molecule is CCCCOCCNc1cc(Br)c(F)cc1[N+](=O)[O-]. The predicted molar refractivity (Wildman–Crippen MR) is 75.0 cm³/mol. The predicted octanol–water partition coefficient (Wildman–Crippen LogP) is 3.73. The zero-order valence-corrected chi connectivity index (χ0v) is 12.2. The second kappa shape index (κ2) is 8.06. The minimum absolute atomic E-state index is 0.188. The molecule has 0 amide bonds. The number of nitrogens with one attached hydrogen (secondary N) is 1. The molecule has 0 aromatic heterocycles. The van der Waals surface area contributed by atoms with Gasteiger partial charge in [-0.05, 0) is 28.4 Å². The minimum Gasteiger partial charge on any atom is -0.380 e. The highest BCUT2D eigenvalue weighted by molar-refractivity contribution is 9.10. The lowest BCUT2D eigenvalue weighted by atomic mass is 10.2. The van der Waals surface area contributed by atoms with Gasteiger partial charge in [0.05, 0.1) is 22.1 Å². The molecule has 0 saturated heterocycles. The second-order valence-electron chi connectivity index (χ2n) is 3.93. The van der Waals surface area contributed by atoms with Crippen LogP contribution in [0, 0.1) is 15.9 Å². The Labute approximate surface area is 119 Å². The van der Waals surface area contributed by atoms with Crippen LogP contribution in [-0.4, -0.2) is 24.7 Å². The maximum atomic E-state index is 13.2. The lowest BCUT2D eigenvalue weighted by molar-refractivity contribution is -0.384. The Kier molecular flexibility index (Phi) is 6.72. The summed E-state index contributed by atoms with van der Waals surface area (Å²) in [7, 11) is 0. The average Bonchev–Trinajstić information content (AvgIpc) is 2.37. The van der Waals surface area contributed by atoms with Gasteiger partial charge in [0.2, 0.25) is 0 Å². The van der Waals surface area contributed by atoms with Gasteiger partial charge in [0, 0.05) is 13.2 Å². The van der Waals surface area contributed by atoms with Crippen LogP contribution in [0.3, 0.4) is 0 Å². The topological polar surface area (TPSA) is 64.4 Å². The van der Waals surface area contributed by atoms with Crippen LogP contribution in [0.4, 0.5) is 15.8 Å². The van der Waals surface area contributed by atoms with Crippen molar-refractivity contribution in [2.45, 2.75) is 19.8 Å². The fourth-order valence-electron chi connectivity index (χ4n) is 1.44. The molecule has 1 aromatic rings. The molecule has 0 fully saturated rings. The van der Waals surface area contributed by atoms with Crippen molar-refractivity contribution in [3.8, 4) is 0 Å². The highest BCUT2D eigenvalue weighted by Gasteiger charge is 2.17. The van der Waals surface area contributed by atoms with Gasteiger partial charge in [-0.1, -0.05) is 13.3 Å². The third kappa shape index (κ3) is 5.12. The number of ether oxygens (including phenoxy) is 1. The summed E-state index contributed by atoms with van der Waals surface area (Å²) in [5.74, 6) is -0.656. The molecule has 1 N–H and O–H groups in total. The first kappa shape index (κ1) is 15.8. The van der Waals surface area contributed by atoms with Gasteiger partial charge in [-0.2, -0.15) is 0 Å².